The van der Waals surface area contributed by atoms with Crippen molar-refractivity contribution in [1.82, 2.24) is 9.97 Å². The molecule has 0 amide bonds. The first kappa shape index (κ1) is 28.2. The van der Waals surface area contributed by atoms with Gasteiger partial charge in [-0.3, -0.25) is 0 Å². The summed E-state index contributed by atoms with van der Waals surface area (Å²) in [7, 11) is 0. The third-order valence-electron chi connectivity index (χ3n) is 6.05. The van der Waals surface area contributed by atoms with E-state index in [2.05, 4.69) is 30.0 Å². The molecule has 0 aliphatic rings. The topological polar surface area (TPSA) is 123 Å². The van der Waals surface area contributed by atoms with Crippen LogP contribution in [0.5, 0.6) is 0 Å². The van der Waals surface area contributed by atoms with Crippen LogP contribution in [0, 0.1) is 17.5 Å². The van der Waals surface area contributed by atoms with E-state index in [9.17, 15) is 13.2 Å². The normalized spacial score (nSPS) is 12.1. The monoisotopic (exact) mass is 560 g/mol. The van der Waals surface area contributed by atoms with Crippen molar-refractivity contribution in [3.05, 3.63) is 127 Å². The van der Waals surface area contributed by atoms with Gasteiger partial charge < -0.3 is 0 Å². The number of halogens is 4. The lowest BCUT2D eigenvalue weighted by Gasteiger charge is -2.14. The molecule has 2 aromatic heterocycles. The SMILES string of the molecule is CC(N=[N+]=[N-])c1cc2cccc(F)c2nc1-c1cccc(F)c1.CC(N=[N+]=[N-])c1cc2cccc(F)c2nc1Cl. The molecule has 0 bridgehead atoms. The smallest absolute Gasteiger partial charge is 0.149 e. The van der Waals surface area contributed by atoms with Crippen molar-refractivity contribution in [3.8, 4) is 11.3 Å². The van der Waals surface area contributed by atoms with Crippen LogP contribution in [-0.2, 0) is 0 Å². The Morgan fingerprint density at radius 1 is 0.725 bits per heavy atom. The van der Waals surface area contributed by atoms with Gasteiger partial charge in [0.2, 0.25) is 0 Å². The van der Waals surface area contributed by atoms with E-state index < -0.39 is 29.5 Å². The third kappa shape index (κ3) is 6.08. The second-order valence-electron chi connectivity index (χ2n) is 8.69. The van der Waals surface area contributed by atoms with Gasteiger partial charge in [-0.1, -0.05) is 72.1 Å². The highest BCUT2D eigenvalue weighted by atomic mass is 35.5. The van der Waals surface area contributed by atoms with Crippen molar-refractivity contribution >= 4 is 33.4 Å². The van der Waals surface area contributed by atoms with Crippen molar-refractivity contribution < 1.29 is 13.2 Å². The molecule has 0 radical (unpaired) electrons. The number of rotatable bonds is 5. The molecule has 0 saturated heterocycles. The molecule has 8 nitrogen and oxygen atoms in total. The number of pyridine rings is 2. The van der Waals surface area contributed by atoms with E-state index in [1.54, 1.807) is 62.4 Å². The summed E-state index contributed by atoms with van der Waals surface area (Å²) in [5, 5.41) is 8.61. The molecule has 2 atom stereocenters. The van der Waals surface area contributed by atoms with Gasteiger partial charge in [-0.25, -0.2) is 23.1 Å². The molecule has 3 aromatic carbocycles. The fourth-order valence-electron chi connectivity index (χ4n) is 4.09. The van der Waals surface area contributed by atoms with Gasteiger partial charge in [0, 0.05) is 26.2 Å². The fourth-order valence-corrected chi connectivity index (χ4v) is 4.39. The Balaban J connectivity index is 0.000000194. The Morgan fingerprint density at radius 2 is 1.25 bits per heavy atom. The molecule has 40 heavy (non-hydrogen) atoms. The molecule has 0 aliphatic heterocycles. The lowest BCUT2D eigenvalue weighted by Crippen LogP contribution is -1.99. The van der Waals surface area contributed by atoms with Crippen LogP contribution in [0.2, 0.25) is 5.15 Å². The Kier molecular flexibility index (Phi) is 8.71. The zero-order valence-corrected chi connectivity index (χ0v) is 21.9. The number of hydrogen-bond donors (Lipinski definition) is 0. The van der Waals surface area contributed by atoms with Crippen molar-refractivity contribution in [2.24, 2.45) is 10.2 Å². The summed E-state index contributed by atoms with van der Waals surface area (Å²) in [5.74, 6) is -1.30. The molecule has 200 valence electrons. The molecule has 0 spiro atoms. The van der Waals surface area contributed by atoms with E-state index >= 15 is 0 Å². The first-order valence-corrected chi connectivity index (χ1v) is 12.3. The van der Waals surface area contributed by atoms with Crippen LogP contribution in [-0.4, -0.2) is 9.97 Å². The molecule has 2 heterocycles. The number of benzene rings is 3. The van der Waals surface area contributed by atoms with E-state index in [0.717, 1.165) is 0 Å². The summed E-state index contributed by atoms with van der Waals surface area (Å²) in [4.78, 5) is 13.9. The van der Waals surface area contributed by atoms with Gasteiger partial charge in [-0.05, 0) is 58.6 Å². The minimum absolute atomic E-state index is 0.155. The van der Waals surface area contributed by atoms with Crippen LogP contribution < -0.4 is 0 Å². The van der Waals surface area contributed by atoms with Gasteiger partial charge in [-0.2, -0.15) is 0 Å². The lowest BCUT2D eigenvalue weighted by atomic mass is 9.99. The average Bonchev–Trinajstić information content (AvgIpc) is 2.93. The minimum atomic E-state index is -0.515. The number of azide groups is 2. The number of fused-ring (bicyclic) bond motifs is 2. The van der Waals surface area contributed by atoms with Gasteiger partial charge in [-0.15, -0.1) is 0 Å². The summed E-state index contributed by atoms with van der Waals surface area (Å²) in [5.41, 5.74) is 19.6. The van der Waals surface area contributed by atoms with E-state index in [-0.39, 0.29) is 16.2 Å². The Hall–Kier alpha value is -4.82. The summed E-state index contributed by atoms with van der Waals surface area (Å²) in [6.07, 6.45) is 0. The highest BCUT2D eigenvalue weighted by Crippen LogP contribution is 2.33. The van der Waals surface area contributed by atoms with Gasteiger partial charge in [0.25, 0.3) is 0 Å². The standard InChI is InChI=1S/C17H12F2N4.C11H8ClFN4/c1-10(22-23-20)14-9-12-5-3-7-15(19)17(12)21-16(14)11-4-2-6-13(18)8-11;1-6(16-17-14)8-5-7-3-2-4-9(13)10(7)15-11(8)12/h2-10H,1H3;2-6H,1H3. The third-order valence-corrected chi connectivity index (χ3v) is 6.35. The molecule has 5 rings (SSSR count). The van der Waals surface area contributed by atoms with Crippen molar-refractivity contribution in [2.45, 2.75) is 25.9 Å². The number of aromatic nitrogens is 2. The first-order valence-electron chi connectivity index (χ1n) is 11.9. The van der Waals surface area contributed by atoms with Crippen LogP contribution in [0.25, 0.3) is 53.9 Å². The zero-order valence-electron chi connectivity index (χ0n) is 21.2. The molecule has 0 saturated carbocycles. The zero-order chi connectivity index (χ0) is 28.8. The molecule has 12 heteroatoms. The second kappa shape index (κ2) is 12.4. The van der Waals surface area contributed by atoms with E-state index in [4.69, 9.17) is 22.7 Å². The number of para-hydroxylation sites is 2. The van der Waals surface area contributed by atoms with Gasteiger partial charge in [0.15, 0.2) is 0 Å². The van der Waals surface area contributed by atoms with Crippen molar-refractivity contribution in [1.29, 1.82) is 0 Å². The van der Waals surface area contributed by atoms with Crippen LogP contribution in [0.15, 0.2) is 83.0 Å². The van der Waals surface area contributed by atoms with E-state index in [1.807, 2.05) is 0 Å². The van der Waals surface area contributed by atoms with Gasteiger partial charge in [0.05, 0.1) is 17.8 Å². The van der Waals surface area contributed by atoms with E-state index in [1.165, 1.54) is 24.3 Å². The molecule has 0 fully saturated rings. The minimum Gasteiger partial charge on any atom is -0.244 e. The van der Waals surface area contributed by atoms with Crippen molar-refractivity contribution in [3.63, 3.8) is 0 Å². The molecular weight excluding hydrogens is 541 g/mol. The maximum atomic E-state index is 14.0. The molecule has 5 aromatic rings. The number of hydrogen-bond acceptors (Lipinski definition) is 4. The summed E-state index contributed by atoms with van der Waals surface area (Å²) in [6.45, 7) is 3.42. The highest BCUT2D eigenvalue weighted by molar-refractivity contribution is 6.30. The maximum absolute atomic E-state index is 14.0. The van der Waals surface area contributed by atoms with Crippen LogP contribution in [0.3, 0.4) is 0 Å². The molecular formula is C28H20ClF3N8. The number of nitrogens with zero attached hydrogens (tertiary/aromatic N) is 8. The van der Waals surface area contributed by atoms with Crippen LogP contribution in [0.4, 0.5) is 13.2 Å². The highest BCUT2D eigenvalue weighted by Gasteiger charge is 2.16. The Morgan fingerprint density at radius 3 is 1.82 bits per heavy atom. The van der Waals surface area contributed by atoms with Gasteiger partial charge >= 0.3 is 0 Å². The molecule has 2 unspecified atom stereocenters. The maximum Gasteiger partial charge on any atom is 0.149 e. The predicted molar refractivity (Wildman–Crippen MR) is 149 cm³/mol. The van der Waals surface area contributed by atoms with Crippen LogP contribution in [0.1, 0.15) is 37.1 Å². The summed E-state index contributed by atoms with van der Waals surface area (Å²) < 4.78 is 41.0. The predicted octanol–water partition coefficient (Wildman–Crippen LogP) is 9.95. The van der Waals surface area contributed by atoms with E-state index in [0.29, 0.717) is 33.2 Å². The van der Waals surface area contributed by atoms with Crippen LogP contribution >= 0.6 is 11.6 Å². The Bertz CT molecular complexity index is 1820. The average molecular weight is 561 g/mol. The first-order chi connectivity index (χ1) is 19.2. The Labute approximate surface area is 231 Å². The molecule has 0 N–H and O–H groups in total. The fraction of sp³-hybridized carbons (Fsp3) is 0.143. The summed E-state index contributed by atoms with van der Waals surface area (Å²) >= 11 is 5.94. The summed E-state index contributed by atoms with van der Waals surface area (Å²) in [6, 6.07) is 17.6. The largest absolute Gasteiger partial charge is 0.244 e. The quantitative estimate of drug-likeness (QED) is 0.0918. The molecule has 0 aliphatic carbocycles. The van der Waals surface area contributed by atoms with Crippen molar-refractivity contribution in [2.75, 3.05) is 0 Å². The van der Waals surface area contributed by atoms with Gasteiger partial charge in [0.1, 0.15) is 33.6 Å². The lowest BCUT2D eigenvalue weighted by molar-refractivity contribution is 0.628. The second-order valence-corrected chi connectivity index (χ2v) is 9.05.